The average molecular weight is 470 g/mol. The van der Waals surface area contributed by atoms with E-state index in [1.54, 1.807) is 0 Å². The molecule has 2 heterocycles. The largest absolute Gasteiger partial charge is 0.381 e. The molecule has 0 unspecified atom stereocenters. The van der Waals surface area contributed by atoms with Gasteiger partial charge in [-0.15, -0.1) is 0 Å². The van der Waals surface area contributed by atoms with Crippen LogP contribution in [-0.4, -0.2) is 11.5 Å². The molecule has 168 valence electrons. The molecule has 0 saturated carbocycles. The summed E-state index contributed by atoms with van der Waals surface area (Å²) in [6.45, 7) is 0.679. The van der Waals surface area contributed by atoms with Gasteiger partial charge in [-0.3, -0.25) is 0 Å². The molecule has 6 heteroatoms. The third kappa shape index (κ3) is 2.54. The Morgan fingerprint density at radius 2 is 1.30 bits per heavy atom. The molecule has 0 fully saturated rings. The minimum atomic E-state index is 0.0249. The van der Waals surface area contributed by atoms with E-state index >= 15 is 0 Å². The molecule has 3 aliphatic rings. The number of aromatic nitrogens is 1. The van der Waals surface area contributed by atoms with Crippen molar-refractivity contribution in [1.82, 2.24) is 4.98 Å². The molecule has 0 amide bonds. The van der Waals surface area contributed by atoms with Crippen LogP contribution in [0.25, 0.3) is 50.4 Å². The Hall–Kier alpha value is -5.82. The van der Waals surface area contributed by atoms with Gasteiger partial charge in [0.05, 0.1) is 11.2 Å². The number of fused-ring (bicyclic) bond motifs is 10. The summed E-state index contributed by atoms with van der Waals surface area (Å²) < 4.78 is 0. The summed E-state index contributed by atoms with van der Waals surface area (Å²) in [7, 11) is 0. The molecule has 37 heavy (non-hydrogen) atoms. The highest BCUT2D eigenvalue weighted by atomic mass is 14.9. The maximum atomic E-state index is 9.87. The summed E-state index contributed by atoms with van der Waals surface area (Å²) >= 11 is 0. The predicted octanol–water partition coefficient (Wildman–Crippen LogP) is 6.27. The van der Waals surface area contributed by atoms with Gasteiger partial charge in [0.2, 0.25) is 0 Å². The van der Waals surface area contributed by atoms with E-state index in [1.165, 1.54) is 0 Å². The Kier molecular flexibility index (Phi) is 4.07. The van der Waals surface area contributed by atoms with Crippen molar-refractivity contribution in [2.24, 2.45) is 0 Å². The Morgan fingerprint density at radius 3 is 2.00 bits per heavy atom. The van der Waals surface area contributed by atoms with Gasteiger partial charge >= 0.3 is 0 Å². The lowest BCUT2D eigenvalue weighted by atomic mass is 9.92. The summed E-state index contributed by atoms with van der Waals surface area (Å²) in [5.41, 5.74) is 11.0. The Labute approximate surface area is 211 Å². The number of hydrogen-bond donors (Lipinski definition) is 2. The number of benzene rings is 3. The summed E-state index contributed by atoms with van der Waals surface area (Å²) in [6.07, 6.45) is 6.01. The molecule has 7 rings (SSSR count). The molecule has 0 spiro atoms. The number of H-pyrrole nitrogens is 1. The molecule has 1 aliphatic heterocycles. The van der Waals surface area contributed by atoms with Gasteiger partial charge in [0.1, 0.15) is 35.4 Å². The number of aromatic amines is 1. The van der Waals surface area contributed by atoms with Gasteiger partial charge in [-0.2, -0.15) is 21.0 Å². The summed E-state index contributed by atoms with van der Waals surface area (Å²) in [4.78, 5) is 3.33. The zero-order chi connectivity index (χ0) is 25.3. The van der Waals surface area contributed by atoms with E-state index in [2.05, 4.69) is 52.8 Å². The van der Waals surface area contributed by atoms with Crippen LogP contribution in [0.4, 0.5) is 5.69 Å². The molecule has 2 N–H and O–H groups in total. The molecular weight excluding hydrogens is 456 g/mol. The quantitative estimate of drug-likeness (QED) is 0.253. The predicted molar refractivity (Wildman–Crippen MR) is 141 cm³/mol. The van der Waals surface area contributed by atoms with Gasteiger partial charge < -0.3 is 10.3 Å². The molecule has 1 aromatic heterocycles. The first-order chi connectivity index (χ1) is 18.2. The second-order valence-electron chi connectivity index (χ2n) is 9.06. The van der Waals surface area contributed by atoms with Gasteiger partial charge in [0, 0.05) is 40.4 Å². The lowest BCUT2D eigenvalue weighted by Gasteiger charge is -2.18. The van der Waals surface area contributed by atoms with Crippen molar-refractivity contribution in [2.45, 2.75) is 0 Å². The molecule has 4 aromatic rings. The van der Waals surface area contributed by atoms with Crippen LogP contribution >= 0.6 is 0 Å². The number of nitrogens with zero attached hydrogens (tertiary/aromatic N) is 4. The van der Waals surface area contributed by atoms with Crippen LogP contribution in [0, 0.1) is 45.3 Å². The van der Waals surface area contributed by atoms with Crippen LogP contribution < -0.4 is 5.32 Å². The van der Waals surface area contributed by atoms with Crippen LogP contribution in [0.2, 0.25) is 0 Å². The number of nitrogens with one attached hydrogen (secondary N) is 2. The van der Waals surface area contributed by atoms with Crippen molar-refractivity contribution in [3.8, 4) is 46.5 Å². The van der Waals surface area contributed by atoms with Crippen LogP contribution in [0.3, 0.4) is 0 Å². The molecule has 0 radical (unpaired) electrons. The van der Waals surface area contributed by atoms with Crippen LogP contribution in [0.15, 0.2) is 65.9 Å². The van der Waals surface area contributed by atoms with Crippen LogP contribution in [0.5, 0.6) is 0 Å². The lowest BCUT2D eigenvalue weighted by Crippen LogP contribution is -2.06. The Bertz CT molecular complexity index is 1990. The number of nitriles is 4. The topological polar surface area (TPSA) is 123 Å². The molecule has 0 saturated heterocycles. The molecule has 0 bridgehead atoms. The average Bonchev–Trinajstić information content (AvgIpc) is 3.62. The second-order valence-corrected chi connectivity index (χ2v) is 9.06. The highest BCUT2D eigenvalue weighted by Crippen LogP contribution is 2.56. The van der Waals surface area contributed by atoms with E-state index in [9.17, 15) is 21.0 Å². The van der Waals surface area contributed by atoms with Crippen LogP contribution in [-0.2, 0) is 0 Å². The molecule has 0 atom stereocenters. The first-order valence-corrected chi connectivity index (χ1v) is 11.7. The first kappa shape index (κ1) is 20.5. The van der Waals surface area contributed by atoms with Gasteiger partial charge in [-0.25, -0.2) is 0 Å². The third-order valence-electron chi connectivity index (χ3n) is 7.38. The lowest BCUT2D eigenvalue weighted by molar-refractivity contribution is 1.31. The minimum Gasteiger partial charge on any atom is -0.381 e. The van der Waals surface area contributed by atoms with Crippen LogP contribution in [0.1, 0.15) is 27.8 Å². The summed E-state index contributed by atoms with van der Waals surface area (Å²) in [5, 5.41) is 43.9. The van der Waals surface area contributed by atoms with Crippen molar-refractivity contribution in [2.75, 3.05) is 11.9 Å². The smallest absolute Gasteiger partial charge is 0.138 e. The zero-order valence-corrected chi connectivity index (χ0v) is 19.3. The van der Waals surface area contributed by atoms with Gasteiger partial charge in [-0.05, 0) is 57.1 Å². The normalized spacial score (nSPS) is 13.2. The number of hydrogen-bond acceptors (Lipinski definition) is 5. The minimum absolute atomic E-state index is 0.0249. The van der Waals surface area contributed by atoms with E-state index in [1.807, 2.05) is 42.6 Å². The zero-order valence-electron chi connectivity index (χ0n) is 19.3. The first-order valence-electron chi connectivity index (χ1n) is 11.7. The SMILES string of the molecule is N#CC(C#N)=C1c2cc3c(cc2-c2c1ccc1c2NCC=C1)-c1c(ccc2cc[nH]c12)C3=C(C#N)C#N. The van der Waals surface area contributed by atoms with Gasteiger partial charge in [0.25, 0.3) is 0 Å². The van der Waals surface area contributed by atoms with E-state index < -0.39 is 0 Å². The van der Waals surface area contributed by atoms with E-state index in [4.69, 9.17) is 0 Å². The second kappa shape index (κ2) is 7.34. The maximum absolute atomic E-state index is 9.87. The van der Waals surface area contributed by atoms with Crippen molar-refractivity contribution >= 4 is 33.8 Å². The molecule has 6 nitrogen and oxygen atoms in total. The number of anilines is 1. The number of allylic oxidation sites excluding steroid dienone is 2. The van der Waals surface area contributed by atoms with Gasteiger partial charge in [0.15, 0.2) is 0 Å². The Balaban J connectivity index is 1.67. The van der Waals surface area contributed by atoms with Gasteiger partial charge in [-0.1, -0.05) is 36.4 Å². The fraction of sp³-hybridized carbons (Fsp3) is 0.0323. The van der Waals surface area contributed by atoms with E-state index in [0.717, 1.165) is 66.7 Å². The maximum Gasteiger partial charge on any atom is 0.138 e. The number of rotatable bonds is 0. The fourth-order valence-corrected chi connectivity index (χ4v) is 5.93. The highest BCUT2D eigenvalue weighted by Gasteiger charge is 2.36. The standard InChI is InChI=1S/C31H14N6/c32-12-18(13-33)26-20-5-3-16-2-1-8-36-30(16)28(20)24-11-25-23(10-22(24)26)27(19(14-34)15-35)21-6-4-17-7-9-37-31(17)29(21)25/h1-7,9-11,36-37H,8H2. The van der Waals surface area contributed by atoms with E-state index in [-0.39, 0.29) is 11.1 Å². The summed E-state index contributed by atoms with van der Waals surface area (Å²) in [6, 6.07) is 22.2. The summed E-state index contributed by atoms with van der Waals surface area (Å²) in [5.74, 6) is 0. The van der Waals surface area contributed by atoms with Crippen molar-refractivity contribution in [3.63, 3.8) is 0 Å². The monoisotopic (exact) mass is 470 g/mol. The highest BCUT2D eigenvalue weighted by molar-refractivity contribution is 6.16. The Morgan fingerprint density at radius 1 is 0.676 bits per heavy atom. The van der Waals surface area contributed by atoms with Crippen molar-refractivity contribution in [3.05, 3.63) is 93.7 Å². The molecular formula is C31H14N6. The molecule has 2 aliphatic carbocycles. The molecule has 3 aromatic carbocycles. The van der Waals surface area contributed by atoms with E-state index in [0.29, 0.717) is 17.7 Å². The third-order valence-corrected chi connectivity index (χ3v) is 7.38. The van der Waals surface area contributed by atoms with Crippen molar-refractivity contribution in [1.29, 1.82) is 21.0 Å². The fourth-order valence-electron chi connectivity index (χ4n) is 5.93. The van der Waals surface area contributed by atoms with Crippen molar-refractivity contribution < 1.29 is 0 Å².